The molecule has 1 amide bonds. The lowest BCUT2D eigenvalue weighted by Crippen LogP contribution is -2.31. The lowest BCUT2D eigenvalue weighted by atomic mass is 10.2. The zero-order valence-electron chi connectivity index (χ0n) is 14.5. The Balaban J connectivity index is 2.23. The molecule has 0 spiro atoms. The number of esters is 1. The summed E-state index contributed by atoms with van der Waals surface area (Å²) < 4.78 is 6.61. The van der Waals surface area contributed by atoms with Crippen molar-refractivity contribution < 1.29 is 14.3 Å². The monoisotopic (exact) mass is 345 g/mol. The second kappa shape index (κ2) is 8.41. The van der Waals surface area contributed by atoms with Gasteiger partial charge in [-0.05, 0) is 25.5 Å². The van der Waals surface area contributed by atoms with Gasteiger partial charge in [0.15, 0.2) is 6.10 Å². The normalized spacial score (nSPS) is 12.1. The van der Waals surface area contributed by atoms with E-state index in [2.05, 4.69) is 11.9 Å². The summed E-state index contributed by atoms with van der Waals surface area (Å²) in [7, 11) is 0. The quantitative estimate of drug-likeness (QED) is 0.731. The Hall–Kier alpha value is -2.70. The van der Waals surface area contributed by atoms with Crippen LogP contribution in [0, 0.1) is 0 Å². The number of nitrogens with two attached hydrogens (primary N) is 1. The van der Waals surface area contributed by atoms with Crippen molar-refractivity contribution in [2.24, 2.45) is 5.73 Å². The van der Waals surface area contributed by atoms with E-state index >= 15 is 0 Å². The van der Waals surface area contributed by atoms with Crippen molar-refractivity contribution in [3.8, 4) is 0 Å². The Labute approximate surface area is 145 Å². The fourth-order valence-electron chi connectivity index (χ4n) is 2.48. The van der Waals surface area contributed by atoms with Crippen LogP contribution < -0.4 is 11.3 Å². The molecule has 1 atom stereocenters. The predicted molar refractivity (Wildman–Crippen MR) is 94.0 cm³/mol. The molecule has 1 heterocycles. The maximum absolute atomic E-state index is 12.7. The molecule has 0 saturated heterocycles. The van der Waals surface area contributed by atoms with Crippen LogP contribution in [-0.2, 0) is 27.3 Å². The molecule has 0 aliphatic heterocycles. The molecule has 2 aromatic rings. The molecule has 134 valence electrons. The third kappa shape index (κ3) is 4.65. The highest BCUT2D eigenvalue weighted by molar-refractivity contribution is 5.82. The molecule has 0 aliphatic carbocycles. The molecule has 0 aliphatic rings. The molecule has 2 rings (SSSR count). The van der Waals surface area contributed by atoms with Gasteiger partial charge in [-0.25, -0.2) is 4.98 Å². The van der Waals surface area contributed by atoms with Crippen molar-refractivity contribution in [3.63, 3.8) is 0 Å². The minimum atomic E-state index is -0.988. The highest BCUT2D eigenvalue weighted by atomic mass is 16.5. The van der Waals surface area contributed by atoms with Crippen LogP contribution in [0.5, 0.6) is 0 Å². The third-order valence-corrected chi connectivity index (χ3v) is 3.93. The number of hydrogen-bond acceptors (Lipinski definition) is 5. The lowest BCUT2D eigenvalue weighted by Gasteiger charge is -2.12. The number of carbonyl (C=O) groups is 2. The fraction of sp³-hybridized carbons (Fsp3) is 0.444. The molecule has 0 unspecified atom stereocenters. The first kappa shape index (κ1) is 18.6. The number of rotatable bonds is 8. The van der Waals surface area contributed by atoms with E-state index in [9.17, 15) is 14.4 Å². The van der Waals surface area contributed by atoms with E-state index in [4.69, 9.17) is 10.5 Å². The summed E-state index contributed by atoms with van der Waals surface area (Å²) >= 11 is 0. The van der Waals surface area contributed by atoms with Crippen LogP contribution in [-0.4, -0.2) is 27.5 Å². The van der Waals surface area contributed by atoms with Gasteiger partial charge in [0.1, 0.15) is 5.69 Å². The van der Waals surface area contributed by atoms with E-state index in [0.29, 0.717) is 17.8 Å². The topological polar surface area (TPSA) is 104 Å². The first-order chi connectivity index (χ1) is 11.9. The van der Waals surface area contributed by atoms with Crippen LogP contribution in [0.15, 0.2) is 29.1 Å². The van der Waals surface area contributed by atoms with Gasteiger partial charge < -0.3 is 15.0 Å². The van der Waals surface area contributed by atoms with Crippen molar-refractivity contribution in [3.05, 3.63) is 40.3 Å². The van der Waals surface area contributed by atoms with Gasteiger partial charge in [0, 0.05) is 13.0 Å². The largest absolute Gasteiger partial charge is 0.453 e. The zero-order valence-corrected chi connectivity index (χ0v) is 14.5. The van der Waals surface area contributed by atoms with E-state index in [1.807, 2.05) is 24.3 Å². The van der Waals surface area contributed by atoms with Gasteiger partial charge in [-0.3, -0.25) is 14.4 Å². The van der Waals surface area contributed by atoms with E-state index in [-0.39, 0.29) is 18.4 Å². The Morgan fingerprint density at radius 1 is 1.32 bits per heavy atom. The van der Waals surface area contributed by atoms with E-state index in [0.717, 1.165) is 18.4 Å². The molecule has 25 heavy (non-hydrogen) atoms. The smallest absolute Gasteiger partial charge is 0.306 e. The first-order valence-corrected chi connectivity index (χ1v) is 8.41. The van der Waals surface area contributed by atoms with Crippen molar-refractivity contribution in [1.82, 2.24) is 9.55 Å². The Morgan fingerprint density at radius 3 is 2.72 bits per heavy atom. The highest BCUT2D eigenvalue weighted by Crippen LogP contribution is 2.12. The molecule has 1 aromatic carbocycles. The number of primary amides is 1. The minimum absolute atomic E-state index is 0.0357. The number of unbranched alkanes of at least 4 members (excludes halogenated alkanes) is 1. The zero-order chi connectivity index (χ0) is 18.4. The highest BCUT2D eigenvalue weighted by Gasteiger charge is 2.16. The van der Waals surface area contributed by atoms with Crippen LogP contribution >= 0.6 is 0 Å². The van der Waals surface area contributed by atoms with Crippen LogP contribution in [0.3, 0.4) is 0 Å². The molecule has 0 radical (unpaired) electrons. The van der Waals surface area contributed by atoms with Gasteiger partial charge in [0.2, 0.25) is 0 Å². The Morgan fingerprint density at radius 2 is 2.04 bits per heavy atom. The lowest BCUT2D eigenvalue weighted by molar-refractivity contribution is -0.153. The molecule has 0 saturated carbocycles. The standard InChI is InChI=1S/C18H23N3O4/c1-3-4-11-21-15-8-6-5-7-13(15)20-14(18(21)24)9-10-16(22)25-12(2)17(19)23/h5-8,12H,3-4,9-11H2,1-2H3,(H2,19,23)/t12-/m1/s1. The second-order valence-corrected chi connectivity index (χ2v) is 5.89. The Kier molecular flexibility index (Phi) is 6.27. The summed E-state index contributed by atoms with van der Waals surface area (Å²) in [6.07, 6.45) is 0.978. The number of carbonyl (C=O) groups excluding carboxylic acids is 2. The molecule has 7 heteroatoms. The number of amides is 1. The predicted octanol–water partition coefficient (Wildman–Crippen LogP) is 1.55. The number of para-hydroxylation sites is 2. The SMILES string of the molecule is CCCCn1c(=O)c(CCC(=O)O[C@H](C)C(N)=O)nc2ccccc21. The van der Waals surface area contributed by atoms with Gasteiger partial charge in [0.25, 0.3) is 11.5 Å². The molecule has 2 N–H and O–H groups in total. The number of benzene rings is 1. The second-order valence-electron chi connectivity index (χ2n) is 5.89. The van der Waals surface area contributed by atoms with Crippen molar-refractivity contribution in [2.75, 3.05) is 0 Å². The summed E-state index contributed by atoms with van der Waals surface area (Å²) in [5, 5.41) is 0. The maximum Gasteiger partial charge on any atom is 0.306 e. The van der Waals surface area contributed by atoms with Gasteiger partial charge in [-0.2, -0.15) is 0 Å². The molecule has 7 nitrogen and oxygen atoms in total. The van der Waals surface area contributed by atoms with E-state index < -0.39 is 18.0 Å². The first-order valence-electron chi connectivity index (χ1n) is 8.41. The number of fused-ring (bicyclic) bond motifs is 1. The minimum Gasteiger partial charge on any atom is -0.453 e. The van der Waals surface area contributed by atoms with Crippen LogP contribution in [0.4, 0.5) is 0 Å². The van der Waals surface area contributed by atoms with Crippen molar-refractivity contribution in [2.45, 2.75) is 52.2 Å². The fourth-order valence-corrected chi connectivity index (χ4v) is 2.48. The molecule has 0 bridgehead atoms. The van der Waals surface area contributed by atoms with Crippen molar-refractivity contribution in [1.29, 1.82) is 0 Å². The van der Waals surface area contributed by atoms with E-state index in [1.165, 1.54) is 6.92 Å². The van der Waals surface area contributed by atoms with Gasteiger partial charge in [-0.15, -0.1) is 0 Å². The van der Waals surface area contributed by atoms with Gasteiger partial charge >= 0.3 is 5.97 Å². The maximum atomic E-state index is 12.7. The summed E-state index contributed by atoms with van der Waals surface area (Å²) in [4.78, 5) is 39.8. The summed E-state index contributed by atoms with van der Waals surface area (Å²) in [6, 6.07) is 7.44. The molecule has 1 aromatic heterocycles. The number of ether oxygens (including phenoxy) is 1. The van der Waals surface area contributed by atoms with Crippen LogP contribution in [0.2, 0.25) is 0 Å². The van der Waals surface area contributed by atoms with Crippen LogP contribution in [0.1, 0.15) is 38.8 Å². The number of hydrogen-bond donors (Lipinski definition) is 1. The van der Waals surface area contributed by atoms with E-state index in [1.54, 1.807) is 4.57 Å². The van der Waals surface area contributed by atoms with Gasteiger partial charge in [0.05, 0.1) is 17.5 Å². The molecule has 0 fully saturated rings. The average Bonchev–Trinajstić information content (AvgIpc) is 2.59. The molecular formula is C18H23N3O4. The summed E-state index contributed by atoms with van der Waals surface area (Å²) in [5.41, 5.74) is 6.69. The summed E-state index contributed by atoms with van der Waals surface area (Å²) in [6.45, 7) is 4.08. The summed E-state index contributed by atoms with van der Waals surface area (Å²) in [5.74, 6) is -1.29. The molecular weight excluding hydrogens is 322 g/mol. The number of nitrogens with zero attached hydrogens (tertiary/aromatic N) is 2. The van der Waals surface area contributed by atoms with Crippen LogP contribution in [0.25, 0.3) is 11.0 Å². The Bertz CT molecular complexity index is 829. The third-order valence-electron chi connectivity index (χ3n) is 3.93. The number of aryl methyl sites for hydroxylation is 2. The number of aromatic nitrogens is 2. The van der Waals surface area contributed by atoms with Crippen molar-refractivity contribution >= 4 is 22.9 Å². The van der Waals surface area contributed by atoms with Gasteiger partial charge in [-0.1, -0.05) is 25.5 Å². The average molecular weight is 345 g/mol.